The molecule has 0 bridgehead atoms. The van der Waals surface area contributed by atoms with Gasteiger partial charge in [0, 0.05) is 22.3 Å². The normalized spacial score (nSPS) is 15.5. The highest BCUT2D eigenvalue weighted by atomic mass is 16.1. The zero-order chi connectivity index (χ0) is 18.1. The summed E-state index contributed by atoms with van der Waals surface area (Å²) in [6.45, 7) is 8.66. The van der Waals surface area contributed by atoms with Gasteiger partial charge in [-0.25, -0.2) is 0 Å². The Hall–Kier alpha value is -2.59. The van der Waals surface area contributed by atoms with Crippen LogP contribution < -0.4 is 9.80 Å². The number of para-hydroxylation sites is 1. The molecular weight excluding hydrogens is 322 g/mol. The molecule has 134 valence electrons. The summed E-state index contributed by atoms with van der Waals surface area (Å²) >= 11 is 0. The molecule has 1 fully saturated rings. The first-order valence-corrected chi connectivity index (χ1v) is 9.37. The number of hydrogen-bond donors (Lipinski definition) is 2. The summed E-state index contributed by atoms with van der Waals surface area (Å²) in [5, 5.41) is 1.06. The van der Waals surface area contributed by atoms with Crippen LogP contribution >= 0.6 is 0 Å². The van der Waals surface area contributed by atoms with Crippen LogP contribution in [-0.4, -0.2) is 43.5 Å². The molecule has 4 nitrogen and oxygen atoms in total. The van der Waals surface area contributed by atoms with Crippen LogP contribution in [-0.2, 0) is 0 Å². The monoisotopic (exact) mass is 348 g/mol. The van der Waals surface area contributed by atoms with Crippen LogP contribution in [0.25, 0.3) is 10.9 Å². The summed E-state index contributed by atoms with van der Waals surface area (Å²) in [6, 6.07) is 16.8. The number of nitrogens with zero attached hydrogens (tertiary/aromatic N) is 1. The molecule has 1 aromatic heterocycles. The molecule has 26 heavy (non-hydrogen) atoms. The second-order valence-electron chi connectivity index (χ2n) is 7.35. The largest absolute Gasteiger partial charge is 0.360 e. The number of ketones is 1. The number of H-pyrrole nitrogens is 1. The van der Waals surface area contributed by atoms with Crippen molar-refractivity contribution in [2.75, 3.05) is 37.6 Å². The molecule has 3 aromatic rings. The number of Topliss-reactive ketones (excluding diaryl/α,β-unsaturated/α-hetero) is 1. The lowest BCUT2D eigenvalue weighted by molar-refractivity contribution is -0.892. The molecule has 0 spiro atoms. The highest BCUT2D eigenvalue weighted by molar-refractivity contribution is 6.09. The molecule has 0 saturated carbocycles. The molecule has 0 unspecified atom stereocenters. The number of piperazine rings is 1. The van der Waals surface area contributed by atoms with Crippen LogP contribution in [0.1, 0.15) is 21.6 Å². The maximum Gasteiger partial charge on any atom is 0.219 e. The standard InChI is InChI=1S/C22H25N3O/c1-16-8-9-19-20(14-16)23-17(2)22(19)21(26)15-24-10-12-25(13-11-24)18-6-4-3-5-7-18/h3-9,14,23H,10-13,15H2,1-2H3/p+1. The summed E-state index contributed by atoms with van der Waals surface area (Å²) < 4.78 is 0. The average Bonchev–Trinajstić information content (AvgIpc) is 2.98. The first-order valence-electron chi connectivity index (χ1n) is 9.37. The number of quaternary nitrogens is 1. The maximum absolute atomic E-state index is 13.0. The first-order chi connectivity index (χ1) is 12.6. The van der Waals surface area contributed by atoms with Crippen molar-refractivity contribution in [2.24, 2.45) is 0 Å². The van der Waals surface area contributed by atoms with Crippen LogP contribution in [0.15, 0.2) is 48.5 Å². The van der Waals surface area contributed by atoms with Crippen molar-refractivity contribution in [3.05, 3.63) is 65.4 Å². The van der Waals surface area contributed by atoms with Gasteiger partial charge in [-0.2, -0.15) is 0 Å². The SMILES string of the molecule is Cc1ccc2c(C(=O)C[NH+]3CCN(c4ccccc4)CC3)c(C)[nH]c2c1. The van der Waals surface area contributed by atoms with Crippen molar-refractivity contribution in [1.29, 1.82) is 0 Å². The number of benzene rings is 2. The number of aromatic nitrogens is 1. The van der Waals surface area contributed by atoms with Gasteiger partial charge < -0.3 is 14.8 Å². The highest BCUT2D eigenvalue weighted by Crippen LogP contribution is 2.23. The quantitative estimate of drug-likeness (QED) is 0.711. The van der Waals surface area contributed by atoms with E-state index in [2.05, 4.69) is 65.3 Å². The van der Waals surface area contributed by atoms with Gasteiger partial charge in [-0.05, 0) is 37.6 Å². The zero-order valence-electron chi connectivity index (χ0n) is 15.5. The van der Waals surface area contributed by atoms with Crippen molar-refractivity contribution in [1.82, 2.24) is 4.98 Å². The van der Waals surface area contributed by atoms with E-state index >= 15 is 0 Å². The van der Waals surface area contributed by atoms with Crippen molar-refractivity contribution in [2.45, 2.75) is 13.8 Å². The van der Waals surface area contributed by atoms with Gasteiger partial charge in [-0.1, -0.05) is 30.3 Å². The van der Waals surface area contributed by atoms with Gasteiger partial charge in [0.15, 0.2) is 0 Å². The number of anilines is 1. The number of carbonyl (C=O) groups is 1. The van der Waals surface area contributed by atoms with Crippen molar-refractivity contribution >= 4 is 22.4 Å². The number of nitrogens with one attached hydrogen (secondary N) is 2. The Morgan fingerprint density at radius 1 is 1.08 bits per heavy atom. The molecule has 0 radical (unpaired) electrons. The summed E-state index contributed by atoms with van der Waals surface area (Å²) in [4.78, 5) is 20.2. The number of aromatic amines is 1. The molecule has 1 aliphatic rings. The topological polar surface area (TPSA) is 40.5 Å². The van der Waals surface area contributed by atoms with Gasteiger partial charge >= 0.3 is 0 Å². The van der Waals surface area contributed by atoms with Crippen LogP contribution in [0.4, 0.5) is 5.69 Å². The molecule has 1 saturated heterocycles. The van der Waals surface area contributed by atoms with Crippen LogP contribution in [0, 0.1) is 13.8 Å². The lowest BCUT2D eigenvalue weighted by Gasteiger charge is -2.33. The number of fused-ring (bicyclic) bond motifs is 1. The molecule has 4 rings (SSSR count). The first kappa shape index (κ1) is 16.9. The van der Waals surface area contributed by atoms with Crippen molar-refractivity contribution in [3.63, 3.8) is 0 Å². The minimum absolute atomic E-state index is 0.251. The van der Waals surface area contributed by atoms with E-state index < -0.39 is 0 Å². The summed E-state index contributed by atoms with van der Waals surface area (Å²) in [5.74, 6) is 0.251. The van der Waals surface area contributed by atoms with Gasteiger partial charge in [0.25, 0.3) is 0 Å². The predicted molar refractivity (Wildman–Crippen MR) is 106 cm³/mol. The molecule has 0 amide bonds. The van der Waals surface area contributed by atoms with Gasteiger partial charge in [-0.3, -0.25) is 4.79 Å². The Kier molecular flexibility index (Phi) is 4.51. The molecule has 0 atom stereocenters. The lowest BCUT2D eigenvalue weighted by atomic mass is 10.0. The lowest BCUT2D eigenvalue weighted by Crippen LogP contribution is -3.15. The minimum Gasteiger partial charge on any atom is -0.360 e. The molecular formula is C22H26N3O+. The van der Waals surface area contributed by atoms with Gasteiger partial charge in [0.2, 0.25) is 5.78 Å². The third kappa shape index (κ3) is 3.25. The van der Waals surface area contributed by atoms with E-state index in [1.807, 2.05) is 6.92 Å². The van der Waals surface area contributed by atoms with E-state index in [0.29, 0.717) is 6.54 Å². The maximum atomic E-state index is 13.0. The number of aryl methyl sites for hydroxylation is 2. The molecule has 0 aliphatic carbocycles. The minimum atomic E-state index is 0.251. The molecule has 2 aromatic carbocycles. The van der Waals surface area contributed by atoms with Gasteiger partial charge in [0.05, 0.1) is 31.7 Å². The van der Waals surface area contributed by atoms with Gasteiger partial charge in [0.1, 0.15) is 6.54 Å². The van der Waals surface area contributed by atoms with Crippen LogP contribution in [0.3, 0.4) is 0 Å². The Bertz CT molecular complexity index is 921. The Morgan fingerprint density at radius 3 is 2.54 bits per heavy atom. The van der Waals surface area contributed by atoms with Gasteiger partial charge in [-0.15, -0.1) is 0 Å². The summed E-state index contributed by atoms with van der Waals surface area (Å²) in [5.41, 5.74) is 5.41. The number of carbonyl (C=O) groups excluding carboxylic acids is 1. The number of rotatable bonds is 4. The highest BCUT2D eigenvalue weighted by Gasteiger charge is 2.25. The van der Waals surface area contributed by atoms with Crippen LogP contribution in [0.5, 0.6) is 0 Å². The second kappa shape index (κ2) is 6.96. The zero-order valence-corrected chi connectivity index (χ0v) is 15.5. The fourth-order valence-electron chi connectivity index (χ4n) is 4.02. The van der Waals surface area contributed by atoms with Crippen molar-refractivity contribution in [3.8, 4) is 0 Å². The van der Waals surface area contributed by atoms with Crippen LogP contribution in [0.2, 0.25) is 0 Å². The molecule has 4 heteroatoms. The smallest absolute Gasteiger partial charge is 0.219 e. The molecule has 2 heterocycles. The third-order valence-electron chi connectivity index (χ3n) is 5.42. The van der Waals surface area contributed by atoms with E-state index in [1.165, 1.54) is 16.2 Å². The Balaban J connectivity index is 1.44. The average molecular weight is 348 g/mol. The Morgan fingerprint density at radius 2 is 1.81 bits per heavy atom. The predicted octanol–water partition coefficient (Wildman–Crippen LogP) is 2.37. The van der Waals surface area contributed by atoms with E-state index in [9.17, 15) is 4.79 Å². The summed E-state index contributed by atoms with van der Waals surface area (Å²) in [6.07, 6.45) is 0. The third-order valence-corrected chi connectivity index (χ3v) is 5.42. The molecule has 1 aliphatic heterocycles. The van der Waals surface area contributed by atoms with E-state index in [4.69, 9.17) is 0 Å². The fraction of sp³-hybridized carbons (Fsp3) is 0.318. The van der Waals surface area contributed by atoms with E-state index in [-0.39, 0.29) is 5.78 Å². The Labute approximate surface area is 154 Å². The summed E-state index contributed by atoms with van der Waals surface area (Å²) in [7, 11) is 0. The van der Waals surface area contributed by atoms with E-state index in [0.717, 1.165) is 48.3 Å². The number of hydrogen-bond acceptors (Lipinski definition) is 2. The van der Waals surface area contributed by atoms with E-state index in [1.54, 1.807) is 0 Å². The molecule has 2 N–H and O–H groups in total. The van der Waals surface area contributed by atoms with Crippen molar-refractivity contribution < 1.29 is 9.69 Å². The fourth-order valence-corrected chi connectivity index (χ4v) is 4.02. The second-order valence-corrected chi connectivity index (χ2v) is 7.35.